The fourth-order valence-electron chi connectivity index (χ4n) is 0.919. The first-order valence-corrected chi connectivity index (χ1v) is 4.14. The number of aliphatic imine (C=N–C) groups is 1. The molecule has 0 bridgehead atoms. The van der Waals surface area contributed by atoms with Crippen molar-refractivity contribution in [1.29, 1.82) is 0 Å². The van der Waals surface area contributed by atoms with Gasteiger partial charge in [-0.15, -0.1) is 4.99 Å². The molecule has 0 heterocycles. The molecule has 0 aromatic heterocycles. The van der Waals surface area contributed by atoms with E-state index in [1.54, 1.807) is 24.3 Å². The van der Waals surface area contributed by atoms with Crippen molar-refractivity contribution in [2.75, 3.05) is 13.7 Å². The van der Waals surface area contributed by atoms with Crippen molar-refractivity contribution in [3.63, 3.8) is 0 Å². The minimum absolute atomic E-state index is 0.289. The molecule has 0 saturated heterocycles. The number of rotatable bonds is 4. The number of hydrogen-bond donors (Lipinski definition) is 0. The second-order valence-corrected chi connectivity index (χ2v) is 2.56. The maximum absolute atomic E-state index is 10.8. The maximum atomic E-state index is 10.8. The second-order valence-electron chi connectivity index (χ2n) is 2.56. The zero-order chi connectivity index (χ0) is 11.1. The Labute approximate surface area is 86.3 Å². The molecule has 1 aromatic rings. The summed E-state index contributed by atoms with van der Waals surface area (Å²) in [5, 5.41) is 0. The van der Waals surface area contributed by atoms with Crippen LogP contribution >= 0.6 is 0 Å². The van der Waals surface area contributed by atoms with Gasteiger partial charge in [-0.3, -0.25) is 4.79 Å². The molecule has 5 heteroatoms. The van der Waals surface area contributed by atoms with Crippen molar-refractivity contribution in [2.45, 2.75) is 0 Å². The van der Waals surface area contributed by atoms with E-state index in [1.165, 1.54) is 7.11 Å². The highest BCUT2D eigenvalue weighted by atomic mass is 16.5. The van der Waals surface area contributed by atoms with Crippen molar-refractivity contribution in [2.24, 2.45) is 4.99 Å². The van der Waals surface area contributed by atoms with Crippen LogP contribution in [-0.2, 0) is 9.59 Å². The molecule has 1 rings (SSSR count). The van der Waals surface area contributed by atoms with Crippen LogP contribution in [0.4, 0.5) is 0 Å². The van der Waals surface area contributed by atoms with Crippen LogP contribution in [0.5, 0.6) is 11.5 Å². The van der Waals surface area contributed by atoms with Gasteiger partial charge < -0.3 is 9.47 Å². The fraction of sp³-hybridized carbons (Fsp3) is 0.200. The Morgan fingerprint density at radius 1 is 1.47 bits per heavy atom. The number of methoxy groups -OCH3 is 1. The lowest BCUT2D eigenvalue weighted by Crippen LogP contribution is -2.08. The van der Waals surface area contributed by atoms with Crippen molar-refractivity contribution in [1.82, 2.24) is 0 Å². The number of benzene rings is 1. The second kappa shape index (κ2) is 5.57. The number of carbonyl (C=O) groups excluding carboxylic acids is 2. The van der Waals surface area contributed by atoms with Crippen LogP contribution < -0.4 is 9.47 Å². The monoisotopic (exact) mass is 207 g/mol. The summed E-state index contributed by atoms with van der Waals surface area (Å²) in [6, 6.07) is 6.76. The highest BCUT2D eigenvalue weighted by molar-refractivity contribution is 5.82. The summed E-state index contributed by atoms with van der Waals surface area (Å²) in [6.45, 7) is -0.289. The van der Waals surface area contributed by atoms with Crippen LogP contribution in [0.2, 0.25) is 0 Å². The minimum atomic E-state index is -0.673. The Morgan fingerprint density at radius 2 is 2.20 bits per heavy atom. The van der Waals surface area contributed by atoms with Gasteiger partial charge in [-0.2, -0.15) is 0 Å². The maximum Gasteiger partial charge on any atom is 0.294 e. The quantitative estimate of drug-likeness (QED) is 0.544. The molecule has 15 heavy (non-hydrogen) atoms. The van der Waals surface area contributed by atoms with Crippen LogP contribution in [0.3, 0.4) is 0 Å². The lowest BCUT2D eigenvalue weighted by Gasteiger charge is -2.04. The van der Waals surface area contributed by atoms with Gasteiger partial charge in [-0.1, -0.05) is 6.07 Å². The fourth-order valence-corrected chi connectivity index (χ4v) is 0.919. The predicted octanol–water partition coefficient (Wildman–Crippen LogP) is 0.936. The molecule has 0 aliphatic heterocycles. The molecule has 0 aliphatic rings. The SMILES string of the molecule is COc1cccc(OCC(=O)N=C=O)c1. The van der Waals surface area contributed by atoms with Gasteiger partial charge in [0.15, 0.2) is 6.61 Å². The molecular weight excluding hydrogens is 198 g/mol. The smallest absolute Gasteiger partial charge is 0.294 e. The van der Waals surface area contributed by atoms with Gasteiger partial charge in [-0.25, -0.2) is 4.79 Å². The lowest BCUT2D eigenvalue weighted by atomic mass is 10.3. The molecule has 0 spiro atoms. The first-order chi connectivity index (χ1) is 7.26. The van der Waals surface area contributed by atoms with Gasteiger partial charge in [0.1, 0.15) is 11.5 Å². The molecule has 1 amide bonds. The van der Waals surface area contributed by atoms with Crippen molar-refractivity contribution < 1.29 is 19.1 Å². The standard InChI is InChI=1S/C10H9NO4/c1-14-8-3-2-4-9(5-8)15-6-10(13)11-7-12/h2-5H,6H2,1H3. The van der Waals surface area contributed by atoms with Gasteiger partial charge in [0.25, 0.3) is 5.91 Å². The predicted molar refractivity (Wildman–Crippen MR) is 51.6 cm³/mol. The molecule has 78 valence electrons. The summed E-state index contributed by atoms with van der Waals surface area (Å²) in [4.78, 5) is 23.4. The van der Waals surface area contributed by atoms with Gasteiger partial charge >= 0.3 is 0 Å². The largest absolute Gasteiger partial charge is 0.497 e. The van der Waals surface area contributed by atoms with Crippen LogP contribution in [0.1, 0.15) is 0 Å². The third kappa shape index (κ3) is 3.62. The Hall–Kier alpha value is -2.13. The van der Waals surface area contributed by atoms with Gasteiger partial charge in [0, 0.05) is 6.07 Å². The Kier molecular flexibility index (Phi) is 4.06. The summed E-state index contributed by atoms with van der Waals surface area (Å²) in [5.74, 6) is 0.426. The summed E-state index contributed by atoms with van der Waals surface area (Å²) in [5.41, 5.74) is 0. The highest BCUT2D eigenvalue weighted by Gasteiger charge is 2.01. The minimum Gasteiger partial charge on any atom is -0.497 e. The molecule has 0 fully saturated rings. The highest BCUT2D eigenvalue weighted by Crippen LogP contribution is 2.18. The number of isocyanates is 1. The van der Waals surface area contributed by atoms with E-state index in [1.807, 2.05) is 0 Å². The number of carbonyl (C=O) groups is 1. The number of nitrogens with zero attached hydrogens (tertiary/aromatic N) is 1. The Balaban J connectivity index is 2.57. The molecule has 0 radical (unpaired) electrons. The average molecular weight is 207 g/mol. The van der Waals surface area contributed by atoms with E-state index in [0.29, 0.717) is 11.5 Å². The third-order valence-electron chi connectivity index (χ3n) is 1.57. The van der Waals surface area contributed by atoms with Gasteiger partial charge in [0.05, 0.1) is 7.11 Å². The molecule has 0 unspecified atom stereocenters. The molecular formula is C10H9NO4. The van der Waals surface area contributed by atoms with Crippen LogP contribution in [0.15, 0.2) is 29.3 Å². The number of ether oxygens (including phenoxy) is 2. The zero-order valence-corrected chi connectivity index (χ0v) is 8.10. The van der Waals surface area contributed by atoms with Crippen LogP contribution in [0, 0.1) is 0 Å². The normalized spacial score (nSPS) is 8.87. The van der Waals surface area contributed by atoms with Crippen LogP contribution in [-0.4, -0.2) is 25.7 Å². The number of amides is 1. The first-order valence-electron chi connectivity index (χ1n) is 4.14. The summed E-state index contributed by atoms with van der Waals surface area (Å²) in [6.07, 6.45) is 1.15. The van der Waals surface area contributed by atoms with Crippen molar-refractivity contribution >= 4 is 12.0 Å². The van der Waals surface area contributed by atoms with E-state index < -0.39 is 5.91 Å². The molecule has 0 saturated carbocycles. The summed E-state index contributed by atoms with van der Waals surface area (Å²) < 4.78 is 10.0. The lowest BCUT2D eigenvalue weighted by molar-refractivity contribution is -0.119. The van der Waals surface area contributed by atoms with Gasteiger partial charge in [-0.05, 0) is 12.1 Å². The first kappa shape index (κ1) is 10.9. The molecule has 1 aromatic carbocycles. The topological polar surface area (TPSA) is 65.0 Å². The summed E-state index contributed by atoms with van der Waals surface area (Å²) >= 11 is 0. The molecule has 0 aliphatic carbocycles. The summed E-state index contributed by atoms with van der Waals surface area (Å²) in [7, 11) is 1.53. The van der Waals surface area contributed by atoms with Crippen LogP contribution in [0.25, 0.3) is 0 Å². The average Bonchev–Trinajstić information content (AvgIpc) is 2.27. The zero-order valence-electron chi connectivity index (χ0n) is 8.10. The number of hydrogen-bond acceptors (Lipinski definition) is 4. The molecule has 0 atom stereocenters. The van der Waals surface area contributed by atoms with E-state index in [4.69, 9.17) is 9.47 Å². The van der Waals surface area contributed by atoms with E-state index in [2.05, 4.69) is 4.99 Å². The Morgan fingerprint density at radius 3 is 2.87 bits per heavy atom. The van der Waals surface area contributed by atoms with Gasteiger partial charge in [0.2, 0.25) is 6.08 Å². The van der Waals surface area contributed by atoms with Crippen molar-refractivity contribution in [3.05, 3.63) is 24.3 Å². The Bertz CT molecular complexity index is 396. The molecule has 0 N–H and O–H groups in total. The van der Waals surface area contributed by atoms with E-state index in [0.717, 1.165) is 6.08 Å². The third-order valence-corrected chi connectivity index (χ3v) is 1.57. The van der Waals surface area contributed by atoms with E-state index in [9.17, 15) is 9.59 Å². The van der Waals surface area contributed by atoms with E-state index >= 15 is 0 Å². The van der Waals surface area contributed by atoms with Crippen molar-refractivity contribution in [3.8, 4) is 11.5 Å². The van der Waals surface area contributed by atoms with E-state index in [-0.39, 0.29) is 6.61 Å². The molecule has 5 nitrogen and oxygen atoms in total.